The Morgan fingerprint density at radius 3 is 2.79 bits per heavy atom. The average molecular weight is 530 g/mol. The number of carbonyl (C=O) groups is 1. The maximum Gasteiger partial charge on any atom is 0.253 e. The second-order valence-electron chi connectivity index (χ2n) is 8.00. The van der Waals surface area contributed by atoms with Gasteiger partial charge in [-0.05, 0) is 49.9 Å². The van der Waals surface area contributed by atoms with Gasteiger partial charge in [0, 0.05) is 13.2 Å². The van der Waals surface area contributed by atoms with E-state index in [1.54, 1.807) is 12.1 Å². The number of hydrogen-bond acceptors (Lipinski definition) is 7. The Morgan fingerprint density at radius 1 is 1.24 bits per heavy atom. The van der Waals surface area contributed by atoms with E-state index in [0.29, 0.717) is 33.6 Å². The van der Waals surface area contributed by atoms with Gasteiger partial charge in [0.1, 0.15) is 21.6 Å². The van der Waals surface area contributed by atoms with Gasteiger partial charge in [0.25, 0.3) is 10.0 Å². The number of nitrogens with zero attached hydrogens (tertiary/aromatic N) is 3. The highest BCUT2D eigenvalue weighted by molar-refractivity contribution is 7.91. The zero-order valence-corrected chi connectivity index (χ0v) is 20.7. The summed E-state index contributed by atoms with van der Waals surface area (Å²) in [5, 5.41) is 0.346. The fraction of sp³-hybridized carbons (Fsp3) is 0.429. The van der Waals surface area contributed by atoms with Crippen molar-refractivity contribution in [1.29, 1.82) is 0 Å². The minimum atomic E-state index is -3.87. The summed E-state index contributed by atoms with van der Waals surface area (Å²) in [6.07, 6.45) is 2.48. The minimum absolute atomic E-state index is 0.111. The number of hydrogen-bond donors (Lipinski definition) is 0. The van der Waals surface area contributed by atoms with Crippen LogP contribution in [-0.2, 0) is 19.6 Å². The number of amides is 1. The lowest BCUT2D eigenvalue weighted by Gasteiger charge is -2.29. The Morgan fingerprint density at radius 2 is 2.09 bits per heavy atom. The van der Waals surface area contributed by atoms with E-state index in [0.717, 1.165) is 24.2 Å². The van der Waals surface area contributed by atoms with E-state index in [-0.39, 0.29) is 34.8 Å². The van der Waals surface area contributed by atoms with E-state index in [1.807, 2.05) is 0 Å². The van der Waals surface area contributed by atoms with E-state index < -0.39 is 21.9 Å². The van der Waals surface area contributed by atoms with Crippen molar-refractivity contribution in [2.75, 3.05) is 24.6 Å². The van der Waals surface area contributed by atoms with E-state index in [4.69, 9.17) is 16.3 Å². The zero-order chi connectivity index (χ0) is 23.2. The zero-order valence-electron chi connectivity index (χ0n) is 17.4. The van der Waals surface area contributed by atoms with Crippen LogP contribution < -0.4 is 4.90 Å². The van der Waals surface area contributed by atoms with Crippen LogP contribution in [0.4, 0.5) is 9.52 Å². The highest BCUT2D eigenvalue weighted by Gasteiger charge is 2.43. The minimum Gasteiger partial charge on any atom is -0.376 e. The van der Waals surface area contributed by atoms with Crippen molar-refractivity contribution in [2.24, 2.45) is 0 Å². The predicted octanol–water partition coefficient (Wildman–Crippen LogP) is 4.52. The van der Waals surface area contributed by atoms with Gasteiger partial charge >= 0.3 is 0 Å². The molecule has 2 fully saturated rings. The quantitative estimate of drug-likeness (QED) is 0.469. The summed E-state index contributed by atoms with van der Waals surface area (Å²) >= 11 is 8.14. The highest BCUT2D eigenvalue weighted by Crippen LogP contribution is 2.36. The van der Waals surface area contributed by atoms with Gasteiger partial charge in [-0.3, -0.25) is 9.69 Å². The monoisotopic (exact) mass is 529 g/mol. The normalized spacial score (nSPS) is 21.8. The molecule has 12 heteroatoms. The average Bonchev–Trinajstić information content (AvgIpc) is 3.58. The Labute approximate surface area is 203 Å². The van der Waals surface area contributed by atoms with Crippen LogP contribution >= 0.6 is 34.3 Å². The number of anilines is 1. The number of benzene rings is 1. The Hall–Kier alpha value is -1.63. The number of para-hydroxylation sites is 1. The molecule has 0 saturated carbocycles. The SMILES string of the molecule is O=C(C1CCCN1S(=O)(=O)c1ccc(Cl)s1)N(CC1CCCO1)c1nc2c(F)cccc2s1. The summed E-state index contributed by atoms with van der Waals surface area (Å²) in [6.45, 7) is 1.11. The maximum absolute atomic E-state index is 14.3. The second-order valence-corrected chi connectivity index (χ2v) is 12.8. The molecule has 7 nitrogen and oxygen atoms in total. The lowest BCUT2D eigenvalue weighted by molar-refractivity contribution is -0.122. The van der Waals surface area contributed by atoms with Crippen LogP contribution in [0.15, 0.2) is 34.5 Å². The smallest absolute Gasteiger partial charge is 0.253 e. The fourth-order valence-corrected chi connectivity index (χ4v) is 8.54. The molecule has 4 heterocycles. The molecule has 2 aromatic heterocycles. The molecule has 0 spiro atoms. The van der Waals surface area contributed by atoms with Crippen molar-refractivity contribution in [2.45, 2.75) is 42.0 Å². The highest BCUT2D eigenvalue weighted by atomic mass is 35.5. The van der Waals surface area contributed by atoms with Crippen molar-refractivity contribution < 1.29 is 22.3 Å². The molecule has 2 saturated heterocycles. The first-order valence-corrected chi connectivity index (χ1v) is 14.0. The topological polar surface area (TPSA) is 79.8 Å². The van der Waals surface area contributed by atoms with E-state index in [1.165, 1.54) is 38.7 Å². The summed E-state index contributed by atoms with van der Waals surface area (Å²) in [5.41, 5.74) is 0.201. The molecule has 2 aliphatic heterocycles. The molecular weight excluding hydrogens is 509 g/mol. The molecular formula is C21H21ClFN3O4S3. The first-order valence-electron chi connectivity index (χ1n) is 10.6. The Kier molecular flexibility index (Phi) is 6.45. The van der Waals surface area contributed by atoms with Gasteiger partial charge in [-0.25, -0.2) is 17.8 Å². The fourth-order valence-electron chi connectivity index (χ4n) is 4.28. The van der Waals surface area contributed by atoms with Crippen LogP contribution in [0.3, 0.4) is 0 Å². The molecule has 3 aromatic rings. The molecule has 176 valence electrons. The van der Waals surface area contributed by atoms with Crippen molar-refractivity contribution >= 4 is 65.6 Å². The maximum atomic E-state index is 14.3. The molecule has 0 radical (unpaired) electrons. The third-order valence-electron chi connectivity index (χ3n) is 5.87. The van der Waals surface area contributed by atoms with Crippen LogP contribution in [0.2, 0.25) is 4.34 Å². The molecule has 0 N–H and O–H groups in total. The molecule has 2 aliphatic rings. The van der Waals surface area contributed by atoms with Gasteiger partial charge in [-0.2, -0.15) is 4.31 Å². The first kappa shape index (κ1) is 23.1. The lowest BCUT2D eigenvalue weighted by Crippen LogP contribution is -2.49. The lowest BCUT2D eigenvalue weighted by atomic mass is 10.2. The predicted molar refractivity (Wildman–Crippen MR) is 127 cm³/mol. The molecule has 1 amide bonds. The first-order chi connectivity index (χ1) is 15.8. The second kappa shape index (κ2) is 9.20. The van der Waals surface area contributed by atoms with Gasteiger partial charge in [-0.1, -0.05) is 29.0 Å². The van der Waals surface area contributed by atoms with Gasteiger partial charge < -0.3 is 4.74 Å². The van der Waals surface area contributed by atoms with Crippen molar-refractivity contribution in [3.8, 4) is 0 Å². The van der Waals surface area contributed by atoms with Gasteiger partial charge in [0.2, 0.25) is 5.91 Å². The number of sulfonamides is 1. The van der Waals surface area contributed by atoms with Crippen LogP contribution in [-0.4, -0.2) is 55.5 Å². The summed E-state index contributed by atoms with van der Waals surface area (Å²) in [7, 11) is -3.87. The Balaban J connectivity index is 1.50. The third-order valence-corrected chi connectivity index (χ3v) is 10.5. The summed E-state index contributed by atoms with van der Waals surface area (Å²) < 4.78 is 48.9. The number of fused-ring (bicyclic) bond motifs is 1. The van der Waals surface area contributed by atoms with Crippen LogP contribution in [0.25, 0.3) is 10.2 Å². The van der Waals surface area contributed by atoms with Crippen LogP contribution in [0, 0.1) is 5.82 Å². The number of ether oxygens (including phenoxy) is 1. The molecule has 0 aliphatic carbocycles. The number of rotatable bonds is 6. The molecule has 2 unspecified atom stereocenters. The molecule has 0 bridgehead atoms. The van der Waals surface area contributed by atoms with Gasteiger partial charge in [0.15, 0.2) is 5.13 Å². The van der Waals surface area contributed by atoms with E-state index >= 15 is 0 Å². The number of thiazole rings is 1. The number of thiophene rings is 1. The van der Waals surface area contributed by atoms with Crippen LogP contribution in [0.1, 0.15) is 25.7 Å². The van der Waals surface area contributed by atoms with Gasteiger partial charge in [-0.15, -0.1) is 11.3 Å². The number of halogens is 2. The van der Waals surface area contributed by atoms with E-state index in [2.05, 4.69) is 4.98 Å². The van der Waals surface area contributed by atoms with Crippen LogP contribution in [0.5, 0.6) is 0 Å². The Bertz CT molecular complexity index is 1290. The van der Waals surface area contributed by atoms with E-state index in [9.17, 15) is 17.6 Å². The molecule has 2 atom stereocenters. The van der Waals surface area contributed by atoms with Crippen molar-refractivity contribution in [1.82, 2.24) is 9.29 Å². The number of carbonyl (C=O) groups excluding carboxylic acids is 1. The van der Waals surface area contributed by atoms with Gasteiger partial charge in [0.05, 0.1) is 21.7 Å². The van der Waals surface area contributed by atoms with Crippen molar-refractivity contribution in [3.63, 3.8) is 0 Å². The summed E-state index contributed by atoms with van der Waals surface area (Å²) in [5.74, 6) is -0.826. The number of aromatic nitrogens is 1. The molecule has 1 aromatic carbocycles. The largest absolute Gasteiger partial charge is 0.376 e. The summed E-state index contributed by atoms with van der Waals surface area (Å²) in [4.78, 5) is 19.7. The standard InChI is InChI=1S/C21H21ClFN3O4S3/c22-17-8-9-18(32-17)33(28,29)26-10-2-6-15(26)20(27)25(12-13-4-3-11-30-13)21-24-19-14(23)5-1-7-16(19)31-21/h1,5,7-9,13,15H,2-4,6,10-12H2. The van der Waals surface area contributed by atoms with Crippen molar-refractivity contribution in [3.05, 3.63) is 40.5 Å². The molecule has 5 rings (SSSR count). The molecule has 33 heavy (non-hydrogen) atoms. The third kappa shape index (κ3) is 4.42. The summed E-state index contributed by atoms with van der Waals surface area (Å²) in [6, 6.07) is 6.81.